The molecule has 2 rings (SSSR count). The molecule has 0 aliphatic carbocycles. The molecule has 1 aromatic heterocycles. The van der Waals surface area contributed by atoms with Crippen LogP contribution in [0.5, 0.6) is 0 Å². The molecule has 2 aromatic rings. The zero-order valence-electron chi connectivity index (χ0n) is 14.9. The van der Waals surface area contributed by atoms with Gasteiger partial charge in [-0.1, -0.05) is 11.3 Å². The van der Waals surface area contributed by atoms with Gasteiger partial charge in [0, 0.05) is 11.6 Å². The molecule has 0 aliphatic rings. The van der Waals surface area contributed by atoms with E-state index in [4.69, 9.17) is 10.5 Å². The minimum absolute atomic E-state index is 0.00487. The number of nitrogens with one attached hydrogen (secondary N) is 1. The molecule has 0 aliphatic heterocycles. The van der Waals surface area contributed by atoms with Crippen LogP contribution >= 0.6 is 23.1 Å². The summed E-state index contributed by atoms with van der Waals surface area (Å²) in [5, 5.41) is 13.9. The fourth-order valence-electron chi connectivity index (χ4n) is 2.07. The molecule has 148 valence electrons. The average molecular weight is 424 g/mol. The summed E-state index contributed by atoms with van der Waals surface area (Å²) in [5.41, 5.74) is 5.25. The number of nitro benzene ring substituents is 1. The molecule has 0 spiro atoms. The van der Waals surface area contributed by atoms with E-state index in [0.717, 1.165) is 29.2 Å². The first-order valence-corrected chi connectivity index (χ1v) is 9.68. The van der Waals surface area contributed by atoms with Crippen LogP contribution in [0.2, 0.25) is 0 Å². The zero-order chi connectivity index (χ0) is 20.8. The lowest BCUT2D eigenvalue weighted by Crippen LogP contribution is -2.14. The van der Waals surface area contributed by atoms with Gasteiger partial charge in [0.25, 0.3) is 5.69 Å². The first kappa shape index (κ1) is 21.3. The van der Waals surface area contributed by atoms with Crippen LogP contribution in [0.4, 0.5) is 10.8 Å². The van der Waals surface area contributed by atoms with E-state index < -0.39 is 22.7 Å². The van der Waals surface area contributed by atoms with Crippen molar-refractivity contribution in [2.24, 2.45) is 5.73 Å². The van der Waals surface area contributed by atoms with Crippen molar-refractivity contribution < 1.29 is 24.0 Å². The molecule has 2 amide bonds. The Morgan fingerprint density at radius 3 is 2.71 bits per heavy atom. The number of benzene rings is 1. The summed E-state index contributed by atoms with van der Waals surface area (Å²) in [6.45, 7) is 3.53. The van der Waals surface area contributed by atoms with Crippen LogP contribution in [0.1, 0.15) is 32.6 Å². The smallest absolute Gasteiger partial charge is 0.350 e. The fourth-order valence-corrected chi connectivity index (χ4v) is 3.75. The number of hydrogen-bond donors (Lipinski definition) is 2. The lowest BCUT2D eigenvalue weighted by molar-refractivity contribution is -0.387. The van der Waals surface area contributed by atoms with Gasteiger partial charge in [0.1, 0.15) is 4.88 Å². The molecule has 0 unspecified atom stereocenters. The fraction of sp³-hybridized carbons (Fsp3) is 0.250. The first-order valence-electron chi connectivity index (χ1n) is 7.88. The Morgan fingerprint density at radius 2 is 2.11 bits per heavy atom. The van der Waals surface area contributed by atoms with E-state index in [-0.39, 0.29) is 33.6 Å². The number of primary amides is 1. The summed E-state index contributed by atoms with van der Waals surface area (Å²) < 4.78 is 4.91. The number of aromatic nitrogens is 1. The number of esters is 1. The Morgan fingerprint density at radius 1 is 1.39 bits per heavy atom. The second-order valence-corrected chi connectivity index (χ2v) is 7.31. The number of anilines is 1. The van der Waals surface area contributed by atoms with Crippen molar-refractivity contribution in [3.8, 4) is 0 Å². The Hall–Kier alpha value is -2.99. The van der Waals surface area contributed by atoms with Crippen molar-refractivity contribution in [3.63, 3.8) is 0 Å². The van der Waals surface area contributed by atoms with E-state index in [2.05, 4.69) is 10.3 Å². The van der Waals surface area contributed by atoms with Gasteiger partial charge >= 0.3 is 5.97 Å². The van der Waals surface area contributed by atoms with Gasteiger partial charge in [0.15, 0.2) is 5.13 Å². The highest BCUT2D eigenvalue weighted by atomic mass is 32.2. The summed E-state index contributed by atoms with van der Waals surface area (Å²) >= 11 is 1.91. The topological polar surface area (TPSA) is 155 Å². The van der Waals surface area contributed by atoms with Crippen LogP contribution < -0.4 is 11.1 Å². The normalized spacial score (nSPS) is 10.4. The third-order valence-corrected chi connectivity index (χ3v) is 5.42. The average Bonchev–Trinajstić information content (AvgIpc) is 3.00. The van der Waals surface area contributed by atoms with E-state index in [0.29, 0.717) is 10.6 Å². The largest absolute Gasteiger partial charge is 0.462 e. The minimum atomic E-state index is -0.783. The van der Waals surface area contributed by atoms with Gasteiger partial charge in [-0.25, -0.2) is 9.78 Å². The summed E-state index contributed by atoms with van der Waals surface area (Å²) in [4.78, 5) is 50.2. The quantitative estimate of drug-likeness (QED) is 0.283. The van der Waals surface area contributed by atoms with Crippen molar-refractivity contribution in [1.29, 1.82) is 0 Å². The van der Waals surface area contributed by atoms with Crippen LogP contribution in [0, 0.1) is 17.0 Å². The van der Waals surface area contributed by atoms with Gasteiger partial charge in [0.2, 0.25) is 11.8 Å². The number of nitrogens with zero attached hydrogens (tertiary/aromatic N) is 2. The van der Waals surface area contributed by atoms with Crippen molar-refractivity contribution in [1.82, 2.24) is 4.98 Å². The standard InChI is InChI=1S/C16H16N4O6S2/c1-3-26-15(23)13-8(2)18-16(28-13)19-12(21)7-27-11-5-4-9(14(17)22)6-10(11)20(24)25/h4-6H,3,7H2,1-2H3,(H2,17,22)(H,18,19,21). The first-order chi connectivity index (χ1) is 13.2. The molecule has 1 heterocycles. The van der Waals surface area contributed by atoms with E-state index in [1.807, 2.05) is 0 Å². The van der Waals surface area contributed by atoms with Gasteiger partial charge in [-0.2, -0.15) is 0 Å². The molecule has 12 heteroatoms. The number of rotatable bonds is 8. The number of thioether (sulfide) groups is 1. The van der Waals surface area contributed by atoms with Gasteiger partial charge in [-0.3, -0.25) is 19.7 Å². The van der Waals surface area contributed by atoms with E-state index in [1.165, 1.54) is 12.1 Å². The number of carbonyl (C=O) groups excluding carboxylic acids is 3. The molecule has 10 nitrogen and oxygen atoms in total. The molecule has 0 bridgehead atoms. The van der Waals surface area contributed by atoms with Gasteiger partial charge in [-0.05, 0) is 26.0 Å². The summed E-state index contributed by atoms with van der Waals surface area (Å²) in [7, 11) is 0. The number of thiazole rings is 1. The number of aryl methyl sites for hydroxylation is 1. The number of hydrogen-bond acceptors (Lipinski definition) is 9. The lowest BCUT2D eigenvalue weighted by atomic mass is 10.2. The van der Waals surface area contributed by atoms with Crippen LogP contribution in [0.15, 0.2) is 23.1 Å². The summed E-state index contributed by atoms with van der Waals surface area (Å²) in [6, 6.07) is 3.78. The van der Waals surface area contributed by atoms with Crippen LogP contribution in [-0.2, 0) is 9.53 Å². The predicted octanol–water partition coefficient (Wildman–Crippen LogP) is 2.37. The molecule has 0 saturated heterocycles. The van der Waals surface area contributed by atoms with E-state index in [1.54, 1.807) is 13.8 Å². The molecule has 0 radical (unpaired) electrons. The lowest BCUT2D eigenvalue weighted by Gasteiger charge is -2.04. The highest BCUT2D eigenvalue weighted by molar-refractivity contribution is 8.00. The van der Waals surface area contributed by atoms with E-state index in [9.17, 15) is 24.5 Å². The maximum Gasteiger partial charge on any atom is 0.350 e. The Bertz CT molecular complexity index is 943. The third-order valence-electron chi connectivity index (χ3n) is 3.30. The summed E-state index contributed by atoms with van der Waals surface area (Å²) in [5.74, 6) is -1.89. The third kappa shape index (κ3) is 5.27. The molecule has 1 aromatic carbocycles. The van der Waals surface area contributed by atoms with Crippen LogP contribution in [-0.4, -0.2) is 40.1 Å². The highest BCUT2D eigenvalue weighted by Gasteiger charge is 2.20. The predicted molar refractivity (Wildman–Crippen MR) is 104 cm³/mol. The number of ether oxygens (including phenoxy) is 1. The van der Waals surface area contributed by atoms with Crippen LogP contribution in [0.3, 0.4) is 0 Å². The number of amides is 2. The van der Waals surface area contributed by atoms with Crippen molar-refractivity contribution in [2.75, 3.05) is 17.7 Å². The Labute approximate surface area is 167 Å². The Kier molecular flexibility index (Phi) is 7.06. The van der Waals surface area contributed by atoms with Gasteiger partial charge in [-0.15, -0.1) is 11.8 Å². The molecular formula is C16H16N4O6S2. The monoisotopic (exact) mass is 424 g/mol. The molecule has 3 N–H and O–H groups in total. The SMILES string of the molecule is CCOC(=O)c1sc(NC(=O)CSc2ccc(C(N)=O)cc2[N+](=O)[O-])nc1C. The second-order valence-electron chi connectivity index (χ2n) is 5.29. The molecule has 0 saturated carbocycles. The second kappa shape index (κ2) is 9.28. The zero-order valence-corrected chi connectivity index (χ0v) is 16.5. The van der Waals surface area contributed by atoms with Gasteiger partial charge < -0.3 is 15.8 Å². The maximum atomic E-state index is 12.1. The maximum absolute atomic E-state index is 12.1. The molecule has 28 heavy (non-hydrogen) atoms. The van der Waals surface area contributed by atoms with E-state index >= 15 is 0 Å². The number of nitro groups is 1. The van der Waals surface area contributed by atoms with Crippen molar-refractivity contribution in [3.05, 3.63) is 44.4 Å². The summed E-state index contributed by atoms with van der Waals surface area (Å²) in [6.07, 6.45) is 0. The number of carbonyl (C=O) groups is 3. The molecular weight excluding hydrogens is 408 g/mol. The van der Waals surface area contributed by atoms with Crippen LogP contribution in [0.25, 0.3) is 0 Å². The van der Waals surface area contributed by atoms with Crippen molar-refractivity contribution in [2.45, 2.75) is 18.7 Å². The number of nitrogens with two attached hydrogens (primary N) is 1. The Balaban J connectivity index is 2.05. The minimum Gasteiger partial charge on any atom is -0.462 e. The highest BCUT2D eigenvalue weighted by Crippen LogP contribution is 2.30. The van der Waals surface area contributed by atoms with Crippen molar-refractivity contribution >= 4 is 51.7 Å². The molecule has 0 fully saturated rings. The molecule has 0 atom stereocenters. The van der Waals surface area contributed by atoms with Gasteiger partial charge in [0.05, 0.1) is 27.9 Å².